The van der Waals surface area contributed by atoms with Crippen LogP contribution < -0.4 is 14.2 Å². The molecule has 9 nitrogen and oxygen atoms in total. The molecule has 38 heavy (non-hydrogen) atoms. The molecule has 200 valence electrons. The first-order valence-corrected chi connectivity index (χ1v) is 12.9. The van der Waals surface area contributed by atoms with Gasteiger partial charge in [-0.1, -0.05) is 24.8 Å². The molecular weight excluding hydrogens is 488 g/mol. The number of nitrogens with zero attached hydrogens (tertiary/aromatic N) is 2. The Kier molecular flexibility index (Phi) is 7.95. The summed E-state index contributed by atoms with van der Waals surface area (Å²) in [5, 5.41) is 11.4. The molecule has 0 saturated carbocycles. The molecule has 3 aliphatic rings. The van der Waals surface area contributed by atoms with Crippen molar-refractivity contribution >= 4 is 17.4 Å². The van der Waals surface area contributed by atoms with Gasteiger partial charge >= 0.3 is 0 Å². The van der Waals surface area contributed by atoms with Crippen molar-refractivity contribution in [2.24, 2.45) is 0 Å². The first-order valence-electron chi connectivity index (χ1n) is 12.9. The van der Waals surface area contributed by atoms with E-state index in [0.29, 0.717) is 74.4 Å². The highest BCUT2D eigenvalue weighted by molar-refractivity contribution is 6.46. The summed E-state index contributed by atoms with van der Waals surface area (Å²) in [6.07, 6.45) is 2.35. The number of aliphatic hydroxyl groups is 1. The third-order valence-electron chi connectivity index (χ3n) is 6.90. The van der Waals surface area contributed by atoms with Crippen LogP contribution in [0.25, 0.3) is 5.76 Å². The van der Waals surface area contributed by atoms with E-state index in [0.717, 1.165) is 19.6 Å². The van der Waals surface area contributed by atoms with E-state index in [2.05, 4.69) is 11.5 Å². The maximum Gasteiger partial charge on any atom is 0.295 e. The fourth-order valence-corrected chi connectivity index (χ4v) is 4.99. The van der Waals surface area contributed by atoms with Gasteiger partial charge in [0.15, 0.2) is 11.5 Å². The van der Waals surface area contributed by atoms with Crippen molar-refractivity contribution in [2.75, 3.05) is 59.2 Å². The topological polar surface area (TPSA) is 97.8 Å². The molecule has 0 aromatic heterocycles. The van der Waals surface area contributed by atoms with Gasteiger partial charge in [-0.3, -0.25) is 14.5 Å². The van der Waals surface area contributed by atoms with Crippen LogP contribution in [0.1, 0.15) is 23.6 Å². The quantitative estimate of drug-likeness (QED) is 0.233. The number of morpholine rings is 1. The Hall–Kier alpha value is -3.82. The van der Waals surface area contributed by atoms with Crippen molar-refractivity contribution in [3.05, 3.63) is 71.8 Å². The number of benzene rings is 2. The van der Waals surface area contributed by atoms with E-state index in [9.17, 15) is 14.7 Å². The van der Waals surface area contributed by atoms with Crippen molar-refractivity contribution in [3.8, 4) is 17.2 Å². The summed E-state index contributed by atoms with van der Waals surface area (Å²) in [7, 11) is 0. The maximum atomic E-state index is 13.3. The molecule has 0 bridgehead atoms. The summed E-state index contributed by atoms with van der Waals surface area (Å²) in [6, 6.07) is 11.5. The molecule has 0 aliphatic carbocycles. The number of likely N-dealkylation sites (tertiary alicyclic amines) is 1. The average Bonchev–Trinajstić information content (AvgIpc) is 3.21. The van der Waals surface area contributed by atoms with Gasteiger partial charge < -0.3 is 29.0 Å². The predicted octanol–water partition coefficient (Wildman–Crippen LogP) is 3.17. The van der Waals surface area contributed by atoms with Crippen LogP contribution >= 0.6 is 0 Å². The smallest absolute Gasteiger partial charge is 0.295 e. The van der Waals surface area contributed by atoms with E-state index < -0.39 is 17.7 Å². The third-order valence-corrected chi connectivity index (χ3v) is 6.90. The van der Waals surface area contributed by atoms with Crippen LogP contribution in [0.4, 0.5) is 0 Å². The van der Waals surface area contributed by atoms with Gasteiger partial charge in [0.05, 0.1) is 24.8 Å². The number of rotatable bonds is 9. The molecule has 1 amide bonds. The monoisotopic (exact) mass is 520 g/mol. The Labute approximate surface area is 221 Å². The lowest BCUT2D eigenvalue weighted by Gasteiger charge is -2.29. The number of hydrogen-bond acceptors (Lipinski definition) is 8. The Morgan fingerprint density at radius 1 is 1.00 bits per heavy atom. The van der Waals surface area contributed by atoms with E-state index in [1.807, 2.05) is 12.1 Å². The van der Waals surface area contributed by atoms with Crippen LogP contribution in [0.5, 0.6) is 17.2 Å². The van der Waals surface area contributed by atoms with E-state index >= 15 is 0 Å². The number of Topliss-reactive ketones (excluding diaryl/α,β-unsaturated/α-hetero) is 1. The lowest BCUT2D eigenvalue weighted by Crippen LogP contribution is -2.38. The van der Waals surface area contributed by atoms with Crippen molar-refractivity contribution in [2.45, 2.75) is 12.5 Å². The third kappa shape index (κ3) is 5.39. The normalized spacial score (nSPS) is 20.9. The number of ether oxygens (including phenoxy) is 4. The SMILES string of the molecule is C=CCOc1ccc(C2C(=C(O)c3ccc4c(c3)OCCO4)C(=O)C(=O)N2CCCN2CCOCC2)cc1. The summed E-state index contributed by atoms with van der Waals surface area (Å²) >= 11 is 0. The Morgan fingerprint density at radius 2 is 1.74 bits per heavy atom. The second-order valence-corrected chi connectivity index (χ2v) is 9.33. The van der Waals surface area contributed by atoms with Crippen molar-refractivity contribution in [1.29, 1.82) is 0 Å². The molecule has 9 heteroatoms. The van der Waals surface area contributed by atoms with Crippen LogP contribution in [0.2, 0.25) is 0 Å². The van der Waals surface area contributed by atoms with Gasteiger partial charge in [-0.25, -0.2) is 0 Å². The minimum Gasteiger partial charge on any atom is -0.507 e. The summed E-state index contributed by atoms with van der Waals surface area (Å²) < 4.78 is 22.3. The average molecular weight is 521 g/mol. The second-order valence-electron chi connectivity index (χ2n) is 9.33. The molecule has 1 N–H and O–H groups in total. The second kappa shape index (κ2) is 11.7. The summed E-state index contributed by atoms with van der Waals surface area (Å²) in [6.45, 7) is 9.11. The summed E-state index contributed by atoms with van der Waals surface area (Å²) in [5.74, 6) is 0.130. The zero-order valence-electron chi connectivity index (χ0n) is 21.3. The number of hydrogen-bond donors (Lipinski definition) is 1. The molecule has 0 radical (unpaired) electrons. The summed E-state index contributed by atoms with van der Waals surface area (Å²) in [4.78, 5) is 30.5. The number of amides is 1. The van der Waals surface area contributed by atoms with Crippen LogP contribution in [-0.2, 0) is 14.3 Å². The molecule has 2 fully saturated rings. The number of aliphatic hydroxyl groups excluding tert-OH is 1. The number of fused-ring (bicyclic) bond motifs is 1. The van der Waals surface area contributed by atoms with Crippen LogP contribution in [0, 0.1) is 0 Å². The van der Waals surface area contributed by atoms with Gasteiger partial charge in [0, 0.05) is 31.7 Å². The van der Waals surface area contributed by atoms with Gasteiger partial charge in [0.25, 0.3) is 11.7 Å². The molecule has 1 unspecified atom stereocenters. The number of ketones is 1. The van der Waals surface area contributed by atoms with Gasteiger partial charge in [0.2, 0.25) is 0 Å². The molecule has 1 atom stereocenters. The highest BCUT2D eigenvalue weighted by Crippen LogP contribution is 2.41. The minimum absolute atomic E-state index is 0.0535. The van der Waals surface area contributed by atoms with E-state index in [-0.39, 0.29) is 11.3 Å². The highest BCUT2D eigenvalue weighted by Gasteiger charge is 2.46. The van der Waals surface area contributed by atoms with Crippen molar-refractivity contribution in [3.63, 3.8) is 0 Å². The maximum absolute atomic E-state index is 13.3. The summed E-state index contributed by atoms with van der Waals surface area (Å²) in [5.41, 5.74) is 1.15. The molecule has 3 heterocycles. The van der Waals surface area contributed by atoms with E-state index in [1.54, 1.807) is 41.3 Å². The molecule has 5 rings (SSSR count). The van der Waals surface area contributed by atoms with E-state index in [1.165, 1.54) is 0 Å². The first-order chi connectivity index (χ1) is 18.6. The van der Waals surface area contributed by atoms with Crippen LogP contribution in [-0.4, -0.2) is 85.8 Å². The van der Waals surface area contributed by atoms with Crippen molar-refractivity contribution < 1.29 is 33.6 Å². The van der Waals surface area contributed by atoms with Gasteiger partial charge in [-0.15, -0.1) is 0 Å². The molecule has 2 saturated heterocycles. The lowest BCUT2D eigenvalue weighted by molar-refractivity contribution is -0.140. The van der Waals surface area contributed by atoms with E-state index in [4.69, 9.17) is 18.9 Å². The molecular formula is C29H32N2O7. The Balaban J connectivity index is 1.47. The minimum atomic E-state index is -0.735. The zero-order valence-corrected chi connectivity index (χ0v) is 21.3. The Morgan fingerprint density at radius 3 is 2.47 bits per heavy atom. The molecule has 3 aliphatic heterocycles. The molecule has 2 aromatic carbocycles. The van der Waals surface area contributed by atoms with Crippen LogP contribution in [0.15, 0.2) is 60.7 Å². The van der Waals surface area contributed by atoms with Gasteiger partial charge in [-0.2, -0.15) is 0 Å². The Bertz CT molecular complexity index is 1220. The highest BCUT2D eigenvalue weighted by atomic mass is 16.6. The van der Waals surface area contributed by atoms with Gasteiger partial charge in [0.1, 0.15) is 31.3 Å². The number of carbonyl (C=O) groups excluding carboxylic acids is 2. The van der Waals surface area contributed by atoms with Gasteiger partial charge in [-0.05, 0) is 42.3 Å². The predicted molar refractivity (Wildman–Crippen MR) is 140 cm³/mol. The fraction of sp³-hybridized carbons (Fsp3) is 0.379. The zero-order chi connectivity index (χ0) is 26.5. The first kappa shape index (κ1) is 25.8. The number of carbonyl (C=O) groups is 2. The standard InChI is InChI=1S/C29H32N2O7/c1-2-14-36-22-7-4-20(5-8-22)26-25(27(32)21-6-9-23-24(19-21)38-18-17-37-23)28(33)29(34)31(26)11-3-10-30-12-15-35-16-13-30/h2,4-9,19,26,32H,1,3,10-18H2. The molecule has 2 aromatic rings. The van der Waals surface area contributed by atoms with Crippen molar-refractivity contribution in [1.82, 2.24) is 9.80 Å². The largest absolute Gasteiger partial charge is 0.507 e. The fourth-order valence-electron chi connectivity index (χ4n) is 4.99. The molecule has 0 spiro atoms. The van der Waals surface area contributed by atoms with Crippen LogP contribution in [0.3, 0.4) is 0 Å². The lowest BCUT2D eigenvalue weighted by atomic mass is 9.95.